The summed E-state index contributed by atoms with van der Waals surface area (Å²) in [6, 6.07) is 8.11. The highest BCUT2D eigenvalue weighted by Crippen LogP contribution is 2.38. The number of hydrogen-bond donors (Lipinski definition) is 1. The molecule has 0 atom stereocenters. The van der Waals surface area contributed by atoms with Crippen molar-refractivity contribution in [3.8, 4) is 0 Å². The van der Waals surface area contributed by atoms with Crippen LogP contribution in [0.25, 0.3) is 11.0 Å². The second kappa shape index (κ2) is 6.33. The van der Waals surface area contributed by atoms with Crippen LogP contribution in [-0.2, 0) is 4.79 Å². The van der Waals surface area contributed by atoms with Gasteiger partial charge >= 0.3 is 0 Å². The van der Waals surface area contributed by atoms with E-state index in [1.54, 1.807) is 0 Å². The molecule has 1 saturated heterocycles. The molecule has 2 heterocycles. The Morgan fingerprint density at radius 2 is 1.92 bits per heavy atom. The van der Waals surface area contributed by atoms with Crippen molar-refractivity contribution in [2.45, 2.75) is 31.2 Å². The number of rotatable bonds is 3. The number of hydrogen-bond acceptors (Lipinski definition) is 4. The fraction of sp³-hybridized carbons (Fsp3) is 0.579. The fourth-order valence-corrected chi connectivity index (χ4v) is 4.08. The minimum absolute atomic E-state index is 0.255. The Morgan fingerprint density at radius 1 is 1.12 bits per heavy atom. The molecule has 1 saturated carbocycles. The van der Waals surface area contributed by atoms with Crippen LogP contribution in [0, 0.1) is 0 Å². The van der Waals surface area contributed by atoms with Crippen LogP contribution in [0.2, 0.25) is 0 Å². The lowest BCUT2D eigenvalue weighted by Crippen LogP contribution is -2.61. The average Bonchev–Trinajstić information content (AvgIpc) is 2.82. The van der Waals surface area contributed by atoms with Gasteiger partial charge in [-0.15, -0.1) is 0 Å². The highest BCUT2D eigenvalue weighted by Gasteiger charge is 2.48. The molecule has 0 radical (unpaired) electrons. The number of nitrogens with one attached hydrogen (secondary N) is 1. The summed E-state index contributed by atoms with van der Waals surface area (Å²) in [5.41, 5.74) is 1.81. The summed E-state index contributed by atoms with van der Waals surface area (Å²) in [5.74, 6) is 1.23. The largest absolute Gasteiger partial charge is 0.341 e. The summed E-state index contributed by atoms with van der Waals surface area (Å²) in [4.78, 5) is 27.7. The quantitative estimate of drug-likeness (QED) is 0.929. The molecule has 1 aromatic carbocycles. The molecule has 0 spiro atoms. The van der Waals surface area contributed by atoms with Gasteiger partial charge in [-0.2, -0.15) is 0 Å². The first kappa shape index (κ1) is 16.4. The van der Waals surface area contributed by atoms with Gasteiger partial charge in [-0.1, -0.05) is 12.1 Å². The van der Waals surface area contributed by atoms with Crippen LogP contribution in [0.15, 0.2) is 24.3 Å². The maximum atomic E-state index is 13.1. The zero-order valence-corrected chi connectivity index (χ0v) is 15.2. The van der Waals surface area contributed by atoms with E-state index in [1.165, 1.54) is 0 Å². The second-order valence-corrected chi connectivity index (χ2v) is 7.49. The van der Waals surface area contributed by atoms with Gasteiger partial charge in [-0.3, -0.25) is 9.69 Å². The first-order valence-corrected chi connectivity index (χ1v) is 9.27. The number of aromatic amines is 1. The Morgan fingerprint density at radius 3 is 2.60 bits per heavy atom. The lowest BCUT2D eigenvalue weighted by atomic mass is 9.74. The van der Waals surface area contributed by atoms with Gasteiger partial charge in [0.1, 0.15) is 5.54 Å². The average molecular weight is 341 g/mol. The maximum absolute atomic E-state index is 13.1. The SMILES string of the molecule is CN(C)C1(C(=O)N2CCCN(c3nc4ccccc4[nH]3)CC2)CCC1. The monoisotopic (exact) mass is 341 g/mol. The lowest BCUT2D eigenvalue weighted by Gasteiger charge is -2.47. The Balaban J connectivity index is 1.47. The Kier molecular flexibility index (Phi) is 4.15. The number of H-pyrrole nitrogens is 1. The molecule has 1 amide bonds. The van der Waals surface area contributed by atoms with Crippen LogP contribution in [0.4, 0.5) is 5.95 Å². The van der Waals surface area contributed by atoms with Crippen molar-refractivity contribution in [3.05, 3.63) is 24.3 Å². The first-order chi connectivity index (χ1) is 12.1. The zero-order chi connectivity index (χ0) is 17.4. The number of likely N-dealkylation sites (N-methyl/N-ethyl adjacent to an activating group) is 1. The summed E-state index contributed by atoms with van der Waals surface area (Å²) in [5, 5.41) is 0. The number of aromatic nitrogens is 2. The number of carbonyl (C=O) groups excluding carboxylic acids is 1. The van der Waals surface area contributed by atoms with Crippen LogP contribution in [-0.4, -0.2) is 71.5 Å². The molecule has 25 heavy (non-hydrogen) atoms. The Labute approximate surface area is 148 Å². The third-order valence-electron chi connectivity index (χ3n) is 5.89. The van der Waals surface area contributed by atoms with Gasteiger partial charge in [-0.25, -0.2) is 4.98 Å². The standard InChI is InChI=1S/C19H27N5O/c1-22(2)19(9-5-10-19)17(25)23-11-6-12-24(14-13-23)18-20-15-7-3-4-8-16(15)21-18/h3-4,7-8H,5-6,9-14H2,1-2H3,(H,20,21). The maximum Gasteiger partial charge on any atom is 0.243 e. The first-order valence-electron chi connectivity index (χ1n) is 9.27. The molecule has 1 aliphatic heterocycles. The number of nitrogens with zero attached hydrogens (tertiary/aromatic N) is 4. The minimum atomic E-state index is -0.255. The molecule has 2 fully saturated rings. The molecule has 4 rings (SSSR count). The zero-order valence-electron chi connectivity index (χ0n) is 15.2. The number of amides is 1. The summed E-state index contributed by atoms with van der Waals surface area (Å²) in [6.45, 7) is 3.37. The van der Waals surface area contributed by atoms with E-state index in [-0.39, 0.29) is 5.54 Å². The van der Waals surface area contributed by atoms with Crippen LogP contribution in [0.3, 0.4) is 0 Å². The van der Waals surface area contributed by atoms with Gasteiger partial charge in [0.2, 0.25) is 11.9 Å². The number of para-hydroxylation sites is 2. The molecule has 1 aliphatic carbocycles. The number of imidazole rings is 1. The van der Waals surface area contributed by atoms with Gasteiger partial charge in [-0.05, 0) is 51.9 Å². The topological polar surface area (TPSA) is 55.5 Å². The smallest absolute Gasteiger partial charge is 0.243 e. The van der Waals surface area contributed by atoms with E-state index in [0.29, 0.717) is 5.91 Å². The number of carbonyl (C=O) groups is 1. The van der Waals surface area contributed by atoms with E-state index in [4.69, 9.17) is 4.98 Å². The number of anilines is 1. The van der Waals surface area contributed by atoms with Crippen molar-refractivity contribution in [1.29, 1.82) is 0 Å². The highest BCUT2D eigenvalue weighted by molar-refractivity contribution is 5.87. The summed E-state index contributed by atoms with van der Waals surface area (Å²) >= 11 is 0. The molecule has 1 aromatic heterocycles. The van der Waals surface area contributed by atoms with Gasteiger partial charge in [0.05, 0.1) is 11.0 Å². The minimum Gasteiger partial charge on any atom is -0.341 e. The van der Waals surface area contributed by atoms with E-state index < -0.39 is 0 Å². The molecule has 6 heteroatoms. The molecule has 0 bridgehead atoms. The molecule has 134 valence electrons. The third kappa shape index (κ3) is 2.78. The molecule has 2 aliphatic rings. The van der Waals surface area contributed by atoms with Gasteiger partial charge in [0.15, 0.2) is 0 Å². The normalized spacial score (nSPS) is 20.6. The van der Waals surface area contributed by atoms with Crippen LogP contribution < -0.4 is 4.90 Å². The van der Waals surface area contributed by atoms with E-state index in [0.717, 1.165) is 68.8 Å². The van der Waals surface area contributed by atoms with E-state index >= 15 is 0 Å². The summed E-state index contributed by atoms with van der Waals surface area (Å²) in [6.07, 6.45) is 4.11. The van der Waals surface area contributed by atoms with Crippen molar-refractivity contribution in [2.75, 3.05) is 45.2 Å². The van der Waals surface area contributed by atoms with Gasteiger partial charge < -0.3 is 14.8 Å². The summed E-state index contributed by atoms with van der Waals surface area (Å²) in [7, 11) is 4.07. The van der Waals surface area contributed by atoms with E-state index in [1.807, 2.05) is 32.3 Å². The molecular formula is C19H27N5O. The molecule has 2 aromatic rings. The fourth-order valence-electron chi connectivity index (χ4n) is 4.08. The second-order valence-electron chi connectivity index (χ2n) is 7.49. The lowest BCUT2D eigenvalue weighted by molar-refractivity contribution is -0.148. The third-order valence-corrected chi connectivity index (χ3v) is 5.89. The molecule has 0 unspecified atom stereocenters. The van der Waals surface area contributed by atoms with E-state index in [2.05, 4.69) is 25.8 Å². The highest BCUT2D eigenvalue weighted by atomic mass is 16.2. The Bertz CT molecular complexity index is 731. The van der Waals surface area contributed by atoms with Gasteiger partial charge in [0, 0.05) is 26.2 Å². The molecule has 1 N–H and O–H groups in total. The van der Waals surface area contributed by atoms with Crippen LogP contribution in [0.1, 0.15) is 25.7 Å². The van der Waals surface area contributed by atoms with E-state index in [9.17, 15) is 4.79 Å². The van der Waals surface area contributed by atoms with Crippen LogP contribution in [0.5, 0.6) is 0 Å². The van der Waals surface area contributed by atoms with Crippen molar-refractivity contribution < 1.29 is 4.79 Å². The van der Waals surface area contributed by atoms with Crippen molar-refractivity contribution in [1.82, 2.24) is 19.8 Å². The number of benzene rings is 1. The van der Waals surface area contributed by atoms with Crippen molar-refractivity contribution in [3.63, 3.8) is 0 Å². The summed E-state index contributed by atoms with van der Waals surface area (Å²) < 4.78 is 0. The predicted molar refractivity (Wildman–Crippen MR) is 99.8 cm³/mol. The van der Waals surface area contributed by atoms with Gasteiger partial charge in [0.25, 0.3) is 0 Å². The van der Waals surface area contributed by atoms with Crippen molar-refractivity contribution in [2.24, 2.45) is 0 Å². The number of fused-ring (bicyclic) bond motifs is 1. The Hall–Kier alpha value is -2.08. The molecular weight excluding hydrogens is 314 g/mol. The van der Waals surface area contributed by atoms with Crippen molar-refractivity contribution >= 4 is 22.9 Å². The van der Waals surface area contributed by atoms with Crippen LogP contribution >= 0.6 is 0 Å². The molecule has 6 nitrogen and oxygen atoms in total. The predicted octanol–water partition coefficient (Wildman–Crippen LogP) is 2.09.